The predicted octanol–water partition coefficient (Wildman–Crippen LogP) is 2.34. The summed E-state index contributed by atoms with van der Waals surface area (Å²) in [6.07, 6.45) is 1.19. The Morgan fingerprint density at radius 3 is 1.76 bits per heavy atom. The van der Waals surface area contributed by atoms with Crippen molar-refractivity contribution in [1.29, 1.82) is 0 Å². The summed E-state index contributed by atoms with van der Waals surface area (Å²) in [5, 5.41) is 11.4. The van der Waals surface area contributed by atoms with E-state index in [9.17, 15) is 19.7 Å². The fraction of sp³-hybridized carbons (Fsp3) is 0.857. The lowest BCUT2D eigenvalue weighted by Crippen LogP contribution is -2.60. The van der Waals surface area contributed by atoms with Crippen molar-refractivity contribution >= 4 is 11.9 Å². The third kappa shape index (κ3) is 3.71. The van der Waals surface area contributed by atoms with E-state index in [2.05, 4.69) is 0 Å². The fourth-order valence-electron chi connectivity index (χ4n) is 2.20. The van der Waals surface area contributed by atoms with Crippen LogP contribution in [0.1, 0.15) is 53.9 Å². The van der Waals surface area contributed by atoms with Gasteiger partial charge in [-0.15, -0.1) is 0 Å². The van der Waals surface area contributed by atoms with Gasteiger partial charge in [-0.05, 0) is 20.3 Å². The second kappa shape index (κ2) is 7.95. The van der Waals surface area contributed by atoms with Crippen LogP contribution in [0, 0.1) is 15.5 Å². The molecule has 0 atom stereocenters. The highest BCUT2D eigenvalue weighted by Gasteiger charge is 2.66. The highest BCUT2D eigenvalue weighted by atomic mass is 16.6. The highest BCUT2D eigenvalue weighted by Crippen LogP contribution is 2.41. The maximum absolute atomic E-state index is 12.4. The summed E-state index contributed by atoms with van der Waals surface area (Å²) in [6.45, 7) is 7.66. The monoisotopic (exact) mass is 303 g/mol. The number of unbranched alkanes of at least 4 members (excludes halogenated alkanes) is 1. The summed E-state index contributed by atoms with van der Waals surface area (Å²) >= 11 is 0. The van der Waals surface area contributed by atoms with Gasteiger partial charge in [0, 0.05) is 18.8 Å². The van der Waals surface area contributed by atoms with Crippen molar-refractivity contribution in [2.75, 3.05) is 13.2 Å². The molecule has 0 rings (SSSR count). The molecule has 0 aliphatic heterocycles. The summed E-state index contributed by atoms with van der Waals surface area (Å²) in [4.78, 5) is 35.6. The molecule has 0 saturated carbocycles. The Labute approximate surface area is 125 Å². The molecule has 7 heteroatoms. The second-order valence-electron chi connectivity index (χ2n) is 5.27. The van der Waals surface area contributed by atoms with E-state index in [1.165, 1.54) is 13.8 Å². The zero-order chi connectivity index (χ0) is 16.7. The van der Waals surface area contributed by atoms with Gasteiger partial charge in [-0.3, -0.25) is 19.7 Å². The number of carbonyl (C=O) groups excluding carboxylic acids is 2. The van der Waals surface area contributed by atoms with E-state index in [0.29, 0.717) is 12.8 Å². The number of ether oxygens (including phenoxy) is 2. The second-order valence-corrected chi connectivity index (χ2v) is 5.27. The zero-order valence-electron chi connectivity index (χ0n) is 13.4. The number of carbonyl (C=O) groups is 2. The Morgan fingerprint density at radius 1 is 1.05 bits per heavy atom. The lowest BCUT2D eigenvalue weighted by atomic mass is 9.68. The molecular weight excluding hydrogens is 278 g/mol. The van der Waals surface area contributed by atoms with E-state index >= 15 is 0 Å². The molecule has 0 aliphatic rings. The summed E-state index contributed by atoms with van der Waals surface area (Å²) < 4.78 is 9.93. The first-order valence-electron chi connectivity index (χ1n) is 7.21. The molecule has 0 aromatic heterocycles. The van der Waals surface area contributed by atoms with Gasteiger partial charge in [0.2, 0.25) is 11.0 Å². The molecule has 0 N–H and O–H groups in total. The van der Waals surface area contributed by atoms with Crippen LogP contribution in [0.4, 0.5) is 0 Å². The van der Waals surface area contributed by atoms with Gasteiger partial charge in [-0.2, -0.15) is 0 Å². The average Bonchev–Trinajstić information content (AvgIpc) is 2.39. The summed E-state index contributed by atoms with van der Waals surface area (Å²) in [5.41, 5.74) is -3.75. The van der Waals surface area contributed by atoms with Crippen molar-refractivity contribution in [3.63, 3.8) is 0 Å². The fourth-order valence-corrected chi connectivity index (χ4v) is 2.20. The maximum Gasteiger partial charge on any atom is 0.331 e. The molecule has 0 amide bonds. The lowest BCUT2D eigenvalue weighted by Gasteiger charge is -2.35. The minimum Gasteiger partial charge on any atom is -0.465 e. The zero-order valence-corrected chi connectivity index (χ0v) is 13.4. The first-order valence-corrected chi connectivity index (χ1v) is 7.21. The molecule has 21 heavy (non-hydrogen) atoms. The van der Waals surface area contributed by atoms with Crippen LogP contribution < -0.4 is 0 Å². The quantitative estimate of drug-likeness (QED) is 0.281. The Balaban J connectivity index is 6.01. The number of hydrogen-bond donors (Lipinski definition) is 0. The molecule has 0 aliphatic carbocycles. The van der Waals surface area contributed by atoms with Gasteiger partial charge in [-0.25, -0.2) is 0 Å². The van der Waals surface area contributed by atoms with Crippen LogP contribution in [-0.4, -0.2) is 35.6 Å². The van der Waals surface area contributed by atoms with Gasteiger partial charge < -0.3 is 9.47 Å². The molecule has 7 nitrogen and oxygen atoms in total. The first kappa shape index (κ1) is 19.3. The Bertz CT molecular complexity index is 373. The van der Waals surface area contributed by atoms with E-state index in [1.807, 2.05) is 6.92 Å². The molecule has 0 radical (unpaired) electrons. The van der Waals surface area contributed by atoms with Gasteiger partial charge in [0.1, 0.15) is 0 Å². The van der Waals surface area contributed by atoms with Crippen LogP contribution >= 0.6 is 0 Å². The Morgan fingerprint density at radius 2 is 1.48 bits per heavy atom. The van der Waals surface area contributed by atoms with Crippen molar-refractivity contribution in [3.8, 4) is 0 Å². The van der Waals surface area contributed by atoms with Gasteiger partial charge in [0.15, 0.2) is 0 Å². The molecule has 0 heterocycles. The average molecular weight is 303 g/mol. The standard InChI is InChI=1S/C14H25NO6/c1-6-9-10-14(11(16)20-7-2,12(17)21-8-3)13(4,5)15(18)19/h6-10H2,1-5H3. The third-order valence-corrected chi connectivity index (χ3v) is 3.65. The number of esters is 2. The topological polar surface area (TPSA) is 95.7 Å². The molecule has 0 unspecified atom stereocenters. The number of hydrogen-bond acceptors (Lipinski definition) is 6. The maximum atomic E-state index is 12.4. The minimum atomic E-state index is -1.93. The Hall–Kier alpha value is -1.66. The van der Waals surface area contributed by atoms with Crippen molar-refractivity contribution < 1.29 is 24.0 Å². The minimum absolute atomic E-state index is 0.0230. The van der Waals surface area contributed by atoms with E-state index < -0.39 is 27.8 Å². The summed E-state index contributed by atoms with van der Waals surface area (Å²) in [6, 6.07) is 0. The van der Waals surface area contributed by atoms with E-state index in [1.54, 1.807) is 13.8 Å². The van der Waals surface area contributed by atoms with Crippen molar-refractivity contribution in [1.82, 2.24) is 0 Å². The first-order chi connectivity index (χ1) is 9.72. The van der Waals surface area contributed by atoms with Crippen LogP contribution in [-0.2, 0) is 19.1 Å². The summed E-state index contributed by atoms with van der Waals surface area (Å²) in [5.74, 6) is -1.78. The lowest BCUT2D eigenvalue weighted by molar-refractivity contribution is -0.576. The predicted molar refractivity (Wildman–Crippen MR) is 76.3 cm³/mol. The van der Waals surface area contributed by atoms with Gasteiger partial charge in [0.05, 0.1) is 13.2 Å². The van der Waals surface area contributed by atoms with E-state index in [0.717, 1.165) is 0 Å². The third-order valence-electron chi connectivity index (χ3n) is 3.65. The van der Waals surface area contributed by atoms with Crippen molar-refractivity contribution in [2.24, 2.45) is 5.41 Å². The van der Waals surface area contributed by atoms with E-state index in [4.69, 9.17) is 9.47 Å². The molecule has 122 valence electrons. The van der Waals surface area contributed by atoms with Crippen LogP contribution in [0.2, 0.25) is 0 Å². The SMILES string of the molecule is CCCCC(C(=O)OCC)(C(=O)OCC)C(C)(C)[N+](=O)[O-]. The molecule has 0 bridgehead atoms. The number of rotatable bonds is 9. The highest BCUT2D eigenvalue weighted by molar-refractivity contribution is 6.01. The molecule has 0 spiro atoms. The van der Waals surface area contributed by atoms with E-state index in [-0.39, 0.29) is 19.6 Å². The molecule has 0 fully saturated rings. The molecular formula is C14H25NO6. The largest absolute Gasteiger partial charge is 0.465 e. The molecule has 0 aromatic carbocycles. The van der Waals surface area contributed by atoms with Gasteiger partial charge >= 0.3 is 11.9 Å². The number of nitrogens with zero attached hydrogens (tertiary/aromatic N) is 1. The summed E-state index contributed by atoms with van der Waals surface area (Å²) in [7, 11) is 0. The van der Waals surface area contributed by atoms with Gasteiger partial charge in [-0.1, -0.05) is 19.8 Å². The van der Waals surface area contributed by atoms with Crippen molar-refractivity contribution in [3.05, 3.63) is 10.1 Å². The molecule has 0 aromatic rings. The smallest absolute Gasteiger partial charge is 0.331 e. The van der Waals surface area contributed by atoms with Gasteiger partial charge in [0.25, 0.3) is 0 Å². The normalized spacial score (nSPS) is 11.9. The van der Waals surface area contributed by atoms with Crippen molar-refractivity contribution in [2.45, 2.75) is 59.4 Å². The molecule has 0 saturated heterocycles. The number of nitro groups is 1. The van der Waals surface area contributed by atoms with Crippen LogP contribution in [0.5, 0.6) is 0 Å². The van der Waals surface area contributed by atoms with Crippen LogP contribution in [0.15, 0.2) is 0 Å². The van der Waals surface area contributed by atoms with Crippen LogP contribution in [0.3, 0.4) is 0 Å². The Kier molecular flexibility index (Phi) is 7.32. The van der Waals surface area contributed by atoms with Crippen LogP contribution in [0.25, 0.3) is 0 Å².